The zero-order valence-corrected chi connectivity index (χ0v) is 18.7. The standard InChI is InChI=1S/C24H32N2O4/c1-7-21(24(28)25-5)26(14-19-9-8-10-20(13-19)29-6)23(27)15-30-22-12-16(2)11-17(3)18(22)4/h8-13,21H,7,14-15H2,1-6H3,(H,25,28)/t21-/m1/s1. The van der Waals surface area contributed by atoms with Crippen molar-refractivity contribution in [3.8, 4) is 11.5 Å². The molecule has 0 bridgehead atoms. The van der Waals surface area contributed by atoms with Gasteiger partial charge in [-0.25, -0.2) is 0 Å². The van der Waals surface area contributed by atoms with E-state index in [9.17, 15) is 9.59 Å². The highest BCUT2D eigenvalue weighted by molar-refractivity contribution is 5.88. The molecule has 0 fully saturated rings. The van der Waals surface area contributed by atoms with Crippen molar-refractivity contribution in [1.82, 2.24) is 10.2 Å². The van der Waals surface area contributed by atoms with Crippen LogP contribution in [0.5, 0.6) is 11.5 Å². The highest BCUT2D eigenvalue weighted by Crippen LogP contribution is 2.24. The third-order valence-electron chi connectivity index (χ3n) is 5.23. The molecular weight excluding hydrogens is 380 g/mol. The second-order valence-corrected chi connectivity index (χ2v) is 7.41. The summed E-state index contributed by atoms with van der Waals surface area (Å²) in [5, 5.41) is 2.66. The number of rotatable bonds is 9. The molecule has 0 aliphatic heterocycles. The lowest BCUT2D eigenvalue weighted by atomic mass is 10.1. The molecule has 1 N–H and O–H groups in total. The van der Waals surface area contributed by atoms with Crippen LogP contribution in [0.25, 0.3) is 0 Å². The van der Waals surface area contributed by atoms with Crippen molar-refractivity contribution in [2.75, 3.05) is 20.8 Å². The molecule has 6 heteroatoms. The van der Waals surface area contributed by atoms with Crippen LogP contribution in [-0.4, -0.2) is 43.5 Å². The summed E-state index contributed by atoms with van der Waals surface area (Å²) in [5.74, 6) is 0.952. The first-order valence-electron chi connectivity index (χ1n) is 10.1. The van der Waals surface area contributed by atoms with Gasteiger partial charge in [0.1, 0.15) is 17.5 Å². The Hall–Kier alpha value is -3.02. The average molecular weight is 413 g/mol. The smallest absolute Gasteiger partial charge is 0.261 e. The number of carbonyl (C=O) groups is 2. The van der Waals surface area contributed by atoms with Crippen LogP contribution in [0.1, 0.15) is 35.6 Å². The van der Waals surface area contributed by atoms with E-state index in [-0.39, 0.29) is 25.0 Å². The molecule has 0 unspecified atom stereocenters. The van der Waals surface area contributed by atoms with E-state index in [4.69, 9.17) is 9.47 Å². The second-order valence-electron chi connectivity index (χ2n) is 7.41. The fraction of sp³-hybridized carbons (Fsp3) is 0.417. The highest BCUT2D eigenvalue weighted by Gasteiger charge is 2.28. The van der Waals surface area contributed by atoms with E-state index in [0.29, 0.717) is 17.9 Å². The molecule has 0 heterocycles. The Morgan fingerprint density at radius 1 is 1.13 bits per heavy atom. The zero-order chi connectivity index (χ0) is 22.3. The van der Waals surface area contributed by atoms with E-state index >= 15 is 0 Å². The maximum atomic E-state index is 13.2. The Bertz CT molecular complexity index is 895. The molecule has 0 aromatic heterocycles. The van der Waals surface area contributed by atoms with E-state index in [2.05, 4.69) is 11.4 Å². The van der Waals surface area contributed by atoms with Crippen LogP contribution >= 0.6 is 0 Å². The zero-order valence-electron chi connectivity index (χ0n) is 18.7. The van der Waals surface area contributed by atoms with Gasteiger partial charge < -0.3 is 19.7 Å². The molecule has 0 saturated heterocycles. The second kappa shape index (κ2) is 10.7. The number of amides is 2. The molecule has 1 atom stereocenters. The molecule has 0 aliphatic rings. The summed E-state index contributed by atoms with van der Waals surface area (Å²) >= 11 is 0. The fourth-order valence-corrected chi connectivity index (χ4v) is 3.43. The van der Waals surface area contributed by atoms with Crippen molar-refractivity contribution in [2.24, 2.45) is 0 Å². The minimum Gasteiger partial charge on any atom is -0.497 e. The maximum Gasteiger partial charge on any atom is 0.261 e. The summed E-state index contributed by atoms with van der Waals surface area (Å²) in [6.07, 6.45) is 0.498. The van der Waals surface area contributed by atoms with E-state index in [0.717, 1.165) is 22.3 Å². The predicted octanol–water partition coefficient (Wildman–Crippen LogP) is 3.55. The number of nitrogens with zero attached hydrogens (tertiary/aromatic N) is 1. The predicted molar refractivity (Wildman–Crippen MR) is 118 cm³/mol. The van der Waals surface area contributed by atoms with Crippen molar-refractivity contribution in [1.29, 1.82) is 0 Å². The first kappa shape index (κ1) is 23.3. The number of likely N-dealkylation sites (N-methyl/N-ethyl adjacent to an activating group) is 1. The monoisotopic (exact) mass is 412 g/mol. The molecule has 0 radical (unpaired) electrons. The molecule has 0 spiro atoms. The molecule has 162 valence electrons. The summed E-state index contributed by atoms with van der Waals surface area (Å²) in [7, 11) is 3.18. The summed E-state index contributed by atoms with van der Waals surface area (Å²) < 4.78 is 11.2. The van der Waals surface area contributed by atoms with Gasteiger partial charge >= 0.3 is 0 Å². The van der Waals surface area contributed by atoms with Gasteiger partial charge in [-0.2, -0.15) is 0 Å². The molecule has 2 rings (SSSR count). The van der Waals surface area contributed by atoms with Crippen LogP contribution in [0, 0.1) is 20.8 Å². The van der Waals surface area contributed by atoms with E-state index in [1.165, 1.54) is 0 Å². The summed E-state index contributed by atoms with van der Waals surface area (Å²) in [5.41, 5.74) is 4.08. The fourth-order valence-electron chi connectivity index (χ4n) is 3.43. The third-order valence-corrected chi connectivity index (χ3v) is 5.23. The summed E-state index contributed by atoms with van der Waals surface area (Å²) in [6, 6.07) is 10.9. The van der Waals surface area contributed by atoms with Crippen molar-refractivity contribution in [3.05, 3.63) is 58.7 Å². The van der Waals surface area contributed by atoms with Crippen LogP contribution in [0.3, 0.4) is 0 Å². The number of benzene rings is 2. The Morgan fingerprint density at radius 2 is 1.87 bits per heavy atom. The topological polar surface area (TPSA) is 67.9 Å². The molecule has 2 aromatic rings. The maximum absolute atomic E-state index is 13.2. The van der Waals surface area contributed by atoms with Crippen LogP contribution in [-0.2, 0) is 16.1 Å². The van der Waals surface area contributed by atoms with Gasteiger partial charge in [0.2, 0.25) is 5.91 Å². The lowest BCUT2D eigenvalue weighted by molar-refractivity contribution is -0.142. The highest BCUT2D eigenvalue weighted by atomic mass is 16.5. The number of ether oxygens (including phenoxy) is 2. The first-order chi connectivity index (χ1) is 14.3. The minimum atomic E-state index is -0.586. The number of carbonyl (C=O) groups excluding carboxylic acids is 2. The van der Waals surface area contributed by atoms with E-state index in [1.54, 1.807) is 19.1 Å². The van der Waals surface area contributed by atoms with Crippen LogP contribution in [0.4, 0.5) is 0 Å². The van der Waals surface area contributed by atoms with Gasteiger partial charge in [-0.1, -0.05) is 25.1 Å². The summed E-state index contributed by atoms with van der Waals surface area (Å²) in [6.45, 7) is 8.03. The Labute approximate surface area is 179 Å². The molecular formula is C24H32N2O4. The van der Waals surface area contributed by atoms with Crippen LogP contribution in [0.15, 0.2) is 36.4 Å². The number of hydrogen-bond donors (Lipinski definition) is 1. The summed E-state index contributed by atoms with van der Waals surface area (Å²) in [4.78, 5) is 27.2. The van der Waals surface area contributed by atoms with E-state index < -0.39 is 6.04 Å². The molecule has 2 aromatic carbocycles. The third kappa shape index (κ3) is 5.75. The molecule has 6 nitrogen and oxygen atoms in total. The Kier molecular flexibility index (Phi) is 8.27. The van der Waals surface area contributed by atoms with Gasteiger partial charge in [0.15, 0.2) is 6.61 Å². The van der Waals surface area contributed by atoms with Gasteiger partial charge in [-0.05, 0) is 67.6 Å². The Morgan fingerprint density at radius 3 is 2.50 bits per heavy atom. The van der Waals surface area contributed by atoms with Gasteiger partial charge in [0, 0.05) is 13.6 Å². The average Bonchev–Trinajstić information content (AvgIpc) is 2.74. The first-order valence-corrected chi connectivity index (χ1v) is 10.1. The minimum absolute atomic E-state index is 0.138. The molecule has 30 heavy (non-hydrogen) atoms. The van der Waals surface area contributed by atoms with Crippen LogP contribution in [0.2, 0.25) is 0 Å². The Balaban J connectivity index is 2.26. The van der Waals surface area contributed by atoms with Crippen molar-refractivity contribution < 1.29 is 19.1 Å². The lowest BCUT2D eigenvalue weighted by Gasteiger charge is -2.30. The van der Waals surface area contributed by atoms with Gasteiger partial charge in [0.05, 0.1) is 7.11 Å². The van der Waals surface area contributed by atoms with Gasteiger partial charge in [0.25, 0.3) is 5.91 Å². The number of aryl methyl sites for hydroxylation is 2. The quantitative estimate of drug-likeness (QED) is 0.684. The number of methoxy groups -OCH3 is 1. The van der Waals surface area contributed by atoms with Crippen molar-refractivity contribution in [2.45, 2.75) is 46.7 Å². The number of hydrogen-bond acceptors (Lipinski definition) is 4. The SMILES string of the molecule is CC[C@H](C(=O)NC)N(Cc1cccc(OC)c1)C(=O)COc1cc(C)cc(C)c1C. The van der Waals surface area contributed by atoms with E-state index in [1.807, 2.05) is 58.0 Å². The lowest BCUT2D eigenvalue weighted by Crippen LogP contribution is -2.49. The largest absolute Gasteiger partial charge is 0.497 e. The molecule has 2 amide bonds. The van der Waals surface area contributed by atoms with Crippen molar-refractivity contribution in [3.63, 3.8) is 0 Å². The number of nitrogens with one attached hydrogen (secondary N) is 1. The van der Waals surface area contributed by atoms with Crippen LogP contribution < -0.4 is 14.8 Å². The van der Waals surface area contributed by atoms with Gasteiger partial charge in [-0.15, -0.1) is 0 Å². The molecule has 0 aliphatic carbocycles. The molecule has 0 saturated carbocycles. The van der Waals surface area contributed by atoms with Gasteiger partial charge in [-0.3, -0.25) is 9.59 Å². The van der Waals surface area contributed by atoms with Crippen molar-refractivity contribution >= 4 is 11.8 Å². The normalized spacial score (nSPS) is 11.5.